The molecule has 0 bridgehead atoms. The van der Waals surface area contributed by atoms with Crippen molar-refractivity contribution in [3.05, 3.63) is 76.7 Å². The predicted octanol–water partition coefficient (Wildman–Crippen LogP) is 2.12. The van der Waals surface area contributed by atoms with Crippen LogP contribution in [0.15, 0.2) is 65.6 Å². The van der Waals surface area contributed by atoms with Gasteiger partial charge in [0, 0.05) is 36.9 Å². The third kappa shape index (κ3) is 4.04. The highest BCUT2D eigenvalue weighted by Gasteiger charge is 2.51. The summed E-state index contributed by atoms with van der Waals surface area (Å²) in [6, 6.07) is 12.1. The Labute approximate surface area is 214 Å². The molecule has 9 heteroatoms. The Bertz CT molecular complexity index is 1460. The van der Waals surface area contributed by atoms with Crippen molar-refractivity contribution in [1.82, 2.24) is 14.7 Å². The van der Waals surface area contributed by atoms with E-state index in [1.54, 1.807) is 67.6 Å². The van der Waals surface area contributed by atoms with Gasteiger partial charge in [-0.05, 0) is 37.1 Å². The van der Waals surface area contributed by atoms with Crippen LogP contribution in [0, 0.1) is 5.92 Å². The maximum atomic E-state index is 13.3. The minimum absolute atomic E-state index is 0.0548. The van der Waals surface area contributed by atoms with Crippen LogP contribution >= 0.6 is 0 Å². The number of anilines is 1. The summed E-state index contributed by atoms with van der Waals surface area (Å²) in [4.78, 5) is 42.1. The first-order valence-corrected chi connectivity index (χ1v) is 12.5. The minimum Gasteiger partial charge on any atom is -0.394 e. The summed E-state index contributed by atoms with van der Waals surface area (Å²) < 4.78 is 1.26. The zero-order chi connectivity index (χ0) is 26.3. The molecule has 2 aliphatic rings. The van der Waals surface area contributed by atoms with E-state index in [4.69, 9.17) is 0 Å². The molecule has 2 N–H and O–H groups in total. The number of nitrogens with zero attached hydrogens (tertiary/aromatic N) is 4. The molecule has 9 nitrogen and oxygen atoms in total. The fourth-order valence-corrected chi connectivity index (χ4v) is 5.43. The highest BCUT2D eigenvalue weighted by atomic mass is 16.3. The number of amides is 2. The van der Waals surface area contributed by atoms with E-state index in [9.17, 15) is 24.6 Å². The Hall–Kier alpha value is -3.82. The molecule has 0 spiro atoms. The molecule has 0 radical (unpaired) electrons. The second kappa shape index (κ2) is 9.57. The number of aliphatic hydroxyl groups excluding tert-OH is 1. The highest BCUT2D eigenvalue weighted by Crippen LogP contribution is 2.45. The fraction of sp³-hybridized carbons (Fsp3) is 0.357. The Morgan fingerprint density at radius 1 is 1.24 bits per heavy atom. The number of carbonyl (C=O) groups is 2. The zero-order valence-electron chi connectivity index (χ0n) is 20.9. The van der Waals surface area contributed by atoms with Crippen LogP contribution in [0.3, 0.4) is 0 Å². The van der Waals surface area contributed by atoms with Crippen molar-refractivity contribution in [1.29, 1.82) is 0 Å². The number of likely N-dealkylation sites (N-methyl/N-ethyl adjacent to an activating group) is 1. The molecule has 3 atom stereocenters. The lowest BCUT2D eigenvalue weighted by Gasteiger charge is -2.27. The van der Waals surface area contributed by atoms with Crippen LogP contribution in [0.25, 0.3) is 16.5 Å². The quantitative estimate of drug-likeness (QED) is 0.499. The van der Waals surface area contributed by atoms with Gasteiger partial charge in [0.25, 0.3) is 11.5 Å². The Balaban J connectivity index is 1.45. The smallest absolute Gasteiger partial charge is 0.279 e. The van der Waals surface area contributed by atoms with Crippen molar-refractivity contribution < 1.29 is 19.8 Å². The zero-order valence-corrected chi connectivity index (χ0v) is 20.9. The molecule has 3 aromatic rings. The van der Waals surface area contributed by atoms with E-state index in [0.717, 1.165) is 18.2 Å². The predicted molar refractivity (Wildman–Crippen MR) is 139 cm³/mol. The minimum atomic E-state index is -1.87. The normalized spacial score (nSPS) is 22.3. The van der Waals surface area contributed by atoms with Gasteiger partial charge in [-0.25, -0.2) is 0 Å². The molecule has 37 heavy (non-hydrogen) atoms. The van der Waals surface area contributed by atoms with E-state index >= 15 is 0 Å². The van der Waals surface area contributed by atoms with Gasteiger partial charge < -0.3 is 20.0 Å². The molecule has 0 aliphatic carbocycles. The summed E-state index contributed by atoms with van der Waals surface area (Å²) in [6.45, 7) is 2.29. The van der Waals surface area contributed by atoms with Crippen molar-refractivity contribution in [3.8, 4) is 5.69 Å². The summed E-state index contributed by atoms with van der Waals surface area (Å²) in [5.41, 5.74) is -0.811. The molecule has 192 valence electrons. The number of aromatic nitrogens is 2. The number of hydrogen-bond donors (Lipinski definition) is 2. The van der Waals surface area contributed by atoms with Crippen molar-refractivity contribution in [2.75, 3.05) is 25.1 Å². The summed E-state index contributed by atoms with van der Waals surface area (Å²) >= 11 is 0. The first-order valence-electron chi connectivity index (χ1n) is 12.5. The van der Waals surface area contributed by atoms with Gasteiger partial charge in [0.15, 0.2) is 5.60 Å². The third-order valence-corrected chi connectivity index (χ3v) is 7.61. The Morgan fingerprint density at radius 2 is 2.03 bits per heavy atom. The molecule has 2 aromatic carbocycles. The number of carbonyl (C=O) groups excluding carboxylic acids is 2. The van der Waals surface area contributed by atoms with Crippen molar-refractivity contribution in [3.63, 3.8) is 0 Å². The first kappa shape index (κ1) is 24.9. The Kier molecular flexibility index (Phi) is 6.43. The van der Waals surface area contributed by atoms with E-state index in [2.05, 4.69) is 5.10 Å². The van der Waals surface area contributed by atoms with Crippen LogP contribution in [-0.2, 0) is 15.2 Å². The van der Waals surface area contributed by atoms with Crippen molar-refractivity contribution in [2.45, 2.75) is 37.8 Å². The van der Waals surface area contributed by atoms with Crippen LogP contribution in [0.5, 0.6) is 0 Å². The van der Waals surface area contributed by atoms with Gasteiger partial charge in [0.2, 0.25) is 5.91 Å². The number of fused-ring (bicyclic) bond motifs is 2. The molecule has 3 heterocycles. The van der Waals surface area contributed by atoms with Crippen LogP contribution in [0.4, 0.5) is 5.69 Å². The fourth-order valence-electron chi connectivity index (χ4n) is 5.43. The molecular formula is C28H30N4O5. The first-order chi connectivity index (χ1) is 17.8. The molecule has 1 aromatic heterocycles. The molecule has 0 unspecified atom stereocenters. The third-order valence-electron chi connectivity index (χ3n) is 7.61. The van der Waals surface area contributed by atoms with E-state index < -0.39 is 17.4 Å². The summed E-state index contributed by atoms with van der Waals surface area (Å²) in [7, 11) is 1.60. The van der Waals surface area contributed by atoms with Gasteiger partial charge in [0.1, 0.15) is 0 Å². The lowest BCUT2D eigenvalue weighted by atomic mass is 9.82. The second-order valence-electron chi connectivity index (χ2n) is 9.77. The van der Waals surface area contributed by atoms with Gasteiger partial charge in [-0.1, -0.05) is 37.3 Å². The van der Waals surface area contributed by atoms with E-state index in [1.165, 1.54) is 9.58 Å². The Morgan fingerprint density at radius 3 is 2.81 bits per heavy atom. The van der Waals surface area contributed by atoms with Crippen molar-refractivity contribution in [2.24, 2.45) is 5.92 Å². The summed E-state index contributed by atoms with van der Waals surface area (Å²) in [5.74, 6) is -1.23. The van der Waals surface area contributed by atoms with E-state index in [-0.39, 0.29) is 30.5 Å². The van der Waals surface area contributed by atoms with Gasteiger partial charge in [-0.2, -0.15) is 9.78 Å². The summed E-state index contributed by atoms with van der Waals surface area (Å²) in [5, 5.41) is 26.8. The molecule has 5 rings (SSSR count). The van der Waals surface area contributed by atoms with Gasteiger partial charge in [0.05, 0.1) is 35.6 Å². The van der Waals surface area contributed by atoms with Crippen LogP contribution < -0.4 is 10.5 Å². The number of hydrogen-bond acceptors (Lipinski definition) is 6. The van der Waals surface area contributed by atoms with E-state index in [0.29, 0.717) is 28.9 Å². The van der Waals surface area contributed by atoms with Crippen LogP contribution in [0.1, 0.15) is 31.7 Å². The number of likely N-dealkylation sites (tertiary alicyclic amines) is 1. The maximum Gasteiger partial charge on any atom is 0.279 e. The molecule has 0 saturated carbocycles. The summed E-state index contributed by atoms with van der Waals surface area (Å²) in [6.07, 6.45) is 6.73. The second-order valence-corrected chi connectivity index (χ2v) is 9.77. The molecular weight excluding hydrogens is 472 g/mol. The van der Waals surface area contributed by atoms with Crippen molar-refractivity contribution >= 4 is 28.3 Å². The topological polar surface area (TPSA) is 116 Å². The van der Waals surface area contributed by atoms with Gasteiger partial charge in [-0.3, -0.25) is 14.4 Å². The molecule has 1 saturated heterocycles. The SMILES string of the molecule is C[C@@H](/C=C/CC(=O)N1CCC[C@H]1CO)[C@]1(O)C(=O)N(C)c2ccc(-n3ncc4ccccc4c3=O)cc21. The average molecular weight is 503 g/mol. The standard InChI is InChI=1S/C28H30N4O5/c1-18(7-5-11-25(34)31-14-6-9-21(31)17-33)28(37)23-15-20(12-13-24(23)30(2)27(28)36)32-26(35)22-10-4-3-8-19(22)16-29-32/h3-5,7-8,10,12-13,15-16,18,21,33,37H,6,9,11,14,17H2,1-2H3/b7-5+/t18-,21-,28+/m0/s1. The van der Waals surface area contributed by atoms with Crippen LogP contribution in [-0.4, -0.2) is 62.9 Å². The lowest BCUT2D eigenvalue weighted by Crippen LogP contribution is -2.43. The molecule has 1 fully saturated rings. The lowest BCUT2D eigenvalue weighted by molar-refractivity contribution is -0.139. The highest BCUT2D eigenvalue weighted by molar-refractivity contribution is 6.07. The number of rotatable bonds is 6. The molecule has 2 aliphatic heterocycles. The maximum absolute atomic E-state index is 13.3. The molecule has 2 amide bonds. The number of benzene rings is 2. The average Bonchev–Trinajstić information content (AvgIpc) is 3.47. The van der Waals surface area contributed by atoms with Gasteiger partial charge in [-0.15, -0.1) is 0 Å². The largest absolute Gasteiger partial charge is 0.394 e. The van der Waals surface area contributed by atoms with Crippen LogP contribution in [0.2, 0.25) is 0 Å². The number of aliphatic hydroxyl groups is 2. The van der Waals surface area contributed by atoms with E-state index in [1.807, 2.05) is 12.1 Å². The van der Waals surface area contributed by atoms with Gasteiger partial charge >= 0.3 is 0 Å². The monoisotopic (exact) mass is 502 g/mol.